The summed E-state index contributed by atoms with van der Waals surface area (Å²) in [7, 11) is 0. The number of Topliss-reactive ketones (excluding diaryl/α,β-unsaturated/α-hetero) is 1. The van der Waals surface area contributed by atoms with Crippen molar-refractivity contribution in [3.05, 3.63) is 36.0 Å². The minimum Gasteiger partial charge on any atom is -0.450 e. The summed E-state index contributed by atoms with van der Waals surface area (Å²) in [5, 5.41) is 0.974. The standard InChI is InChI=1S/C17H21N3O3/c1-2-23-17(22)20-9-7-19(8-10-20)12-16(21)14-11-18-15-6-4-3-5-13(14)15/h3-6,11,18H,2,7-10,12H2,1H3/p+1. The van der Waals surface area contributed by atoms with Crippen LogP contribution in [0.5, 0.6) is 0 Å². The third-order valence-electron chi connectivity index (χ3n) is 4.30. The molecule has 6 nitrogen and oxygen atoms in total. The number of carbonyl (C=O) groups excluding carboxylic acids is 2. The van der Waals surface area contributed by atoms with Gasteiger partial charge in [0.05, 0.1) is 32.8 Å². The van der Waals surface area contributed by atoms with E-state index in [1.165, 1.54) is 4.90 Å². The van der Waals surface area contributed by atoms with Crippen LogP contribution < -0.4 is 4.90 Å². The zero-order chi connectivity index (χ0) is 16.2. The van der Waals surface area contributed by atoms with E-state index in [2.05, 4.69) is 4.98 Å². The molecule has 1 saturated heterocycles. The molecule has 1 amide bonds. The first kappa shape index (κ1) is 15.6. The van der Waals surface area contributed by atoms with Crippen LogP contribution in [0.2, 0.25) is 0 Å². The number of H-pyrrole nitrogens is 1. The fraction of sp³-hybridized carbons (Fsp3) is 0.412. The molecule has 2 N–H and O–H groups in total. The van der Waals surface area contributed by atoms with Crippen molar-refractivity contribution < 1.29 is 19.2 Å². The summed E-state index contributed by atoms with van der Waals surface area (Å²) >= 11 is 0. The smallest absolute Gasteiger partial charge is 0.410 e. The minimum absolute atomic E-state index is 0.141. The van der Waals surface area contributed by atoms with E-state index in [1.807, 2.05) is 24.3 Å². The number of aromatic nitrogens is 1. The average Bonchev–Trinajstić information content (AvgIpc) is 3.00. The van der Waals surface area contributed by atoms with Crippen molar-refractivity contribution in [3.63, 3.8) is 0 Å². The van der Waals surface area contributed by atoms with Gasteiger partial charge in [-0.1, -0.05) is 18.2 Å². The normalized spacial score (nSPS) is 15.8. The Morgan fingerprint density at radius 3 is 2.74 bits per heavy atom. The first-order valence-corrected chi connectivity index (χ1v) is 8.03. The second-order valence-corrected chi connectivity index (χ2v) is 5.78. The Morgan fingerprint density at radius 1 is 1.26 bits per heavy atom. The maximum atomic E-state index is 12.6. The van der Waals surface area contributed by atoms with Gasteiger partial charge >= 0.3 is 6.09 Å². The lowest BCUT2D eigenvalue weighted by molar-refractivity contribution is -0.895. The topological polar surface area (TPSA) is 66.8 Å². The number of hydrogen-bond donors (Lipinski definition) is 2. The first-order valence-electron chi connectivity index (χ1n) is 8.03. The maximum absolute atomic E-state index is 12.6. The Labute approximate surface area is 135 Å². The second kappa shape index (κ2) is 6.83. The molecule has 0 atom stereocenters. The number of piperazine rings is 1. The molecule has 23 heavy (non-hydrogen) atoms. The van der Waals surface area contributed by atoms with Gasteiger partial charge in [-0.25, -0.2) is 4.79 Å². The number of fused-ring (bicyclic) bond motifs is 1. The third-order valence-corrected chi connectivity index (χ3v) is 4.30. The van der Waals surface area contributed by atoms with E-state index < -0.39 is 0 Å². The van der Waals surface area contributed by atoms with Crippen LogP contribution in [0.1, 0.15) is 17.3 Å². The van der Waals surface area contributed by atoms with Crippen LogP contribution in [-0.4, -0.2) is 61.1 Å². The number of nitrogens with zero attached hydrogens (tertiary/aromatic N) is 1. The SMILES string of the molecule is CCOC(=O)N1CC[NH+](CC(=O)c2c[nH]c3ccccc23)CC1. The summed E-state index contributed by atoms with van der Waals surface area (Å²) in [5.74, 6) is 0.141. The van der Waals surface area contributed by atoms with Crippen molar-refractivity contribution in [2.45, 2.75) is 6.92 Å². The molecule has 0 saturated carbocycles. The molecular formula is C17H22N3O3+. The van der Waals surface area contributed by atoms with Gasteiger partial charge in [0, 0.05) is 22.7 Å². The number of carbonyl (C=O) groups is 2. The van der Waals surface area contributed by atoms with Gasteiger partial charge in [0.15, 0.2) is 0 Å². The Hall–Kier alpha value is -2.34. The summed E-state index contributed by atoms with van der Waals surface area (Å²) in [6.07, 6.45) is 1.54. The summed E-state index contributed by atoms with van der Waals surface area (Å²) in [5.41, 5.74) is 1.74. The molecule has 122 valence electrons. The van der Waals surface area contributed by atoms with Crippen LogP contribution in [0.3, 0.4) is 0 Å². The summed E-state index contributed by atoms with van der Waals surface area (Å²) in [6.45, 7) is 5.47. The Morgan fingerprint density at radius 2 is 2.00 bits per heavy atom. The second-order valence-electron chi connectivity index (χ2n) is 5.78. The van der Waals surface area contributed by atoms with Crippen LogP contribution in [0.25, 0.3) is 10.9 Å². The van der Waals surface area contributed by atoms with Crippen molar-refractivity contribution in [2.24, 2.45) is 0 Å². The van der Waals surface area contributed by atoms with Gasteiger partial charge in [0.1, 0.15) is 6.54 Å². The van der Waals surface area contributed by atoms with E-state index in [0.29, 0.717) is 26.2 Å². The maximum Gasteiger partial charge on any atom is 0.410 e. The third kappa shape index (κ3) is 3.37. The van der Waals surface area contributed by atoms with E-state index in [1.54, 1.807) is 18.0 Å². The van der Waals surface area contributed by atoms with Gasteiger partial charge in [0.25, 0.3) is 0 Å². The fourth-order valence-electron chi connectivity index (χ4n) is 3.02. The lowest BCUT2D eigenvalue weighted by atomic mass is 10.1. The lowest BCUT2D eigenvalue weighted by Gasteiger charge is -2.31. The number of ketones is 1. The highest BCUT2D eigenvalue weighted by molar-refractivity contribution is 6.08. The van der Waals surface area contributed by atoms with Crippen LogP contribution in [0.4, 0.5) is 4.79 Å². The first-order chi connectivity index (χ1) is 11.2. The van der Waals surface area contributed by atoms with Gasteiger partial charge < -0.3 is 14.6 Å². The number of quaternary nitrogens is 1. The molecule has 0 radical (unpaired) electrons. The lowest BCUT2D eigenvalue weighted by Crippen LogP contribution is -3.15. The van der Waals surface area contributed by atoms with E-state index in [4.69, 9.17) is 4.74 Å². The Kier molecular flexibility index (Phi) is 4.62. The van der Waals surface area contributed by atoms with Gasteiger partial charge in [-0.15, -0.1) is 0 Å². The molecule has 3 rings (SSSR count). The van der Waals surface area contributed by atoms with Crippen LogP contribution in [0, 0.1) is 0 Å². The molecule has 0 aliphatic carbocycles. The van der Waals surface area contributed by atoms with Crippen molar-refractivity contribution in [1.82, 2.24) is 9.88 Å². The molecule has 0 bridgehead atoms. The minimum atomic E-state index is -0.255. The highest BCUT2D eigenvalue weighted by atomic mass is 16.6. The van der Waals surface area contributed by atoms with E-state index in [0.717, 1.165) is 29.6 Å². The number of amides is 1. The number of aromatic amines is 1. The molecule has 1 aliphatic heterocycles. The fourth-order valence-corrected chi connectivity index (χ4v) is 3.02. The van der Waals surface area contributed by atoms with Crippen LogP contribution in [0.15, 0.2) is 30.5 Å². The number of hydrogen-bond acceptors (Lipinski definition) is 3. The van der Waals surface area contributed by atoms with Gasteiger partial charge in [-0.2, -0.15) is 0 Å². The zero-order valence-corrected chi connectivity index (χ0v) is 13.3. The molecule has 0 spiro atoms. The molecule has 1 fully saturated rings. The molecule has 1 aromatic heterocycles. The predicted molar refractivity (Wildman–Crippen MR) is 86.8 cm³/mol. The van der Waals surface area contributed by atoms with Crippen molar-refractivity contribution >= 4 is 22.8 Å². The van der Waals surface area contributed by atoms with Crippen molar-refractivity contribution in [1.29, 1.82) is 0 Å². The molecule has 2 heterocycles. The molecule has 0 unspecified atom stereocenters. The number of benzene rings is 1. The molecule has 2 aromatic rings. The van der Waals surface area contributed by atoms with E-state index in [9.17, 15) is 9.59 Å². The molecule has 6 heteroatoms. The highest BCUT2D eigenvalue weighted by Gasteiger charge is 2.26. The number of nitrogens with one attached hydrogen (secondary N) is 2. The van der Waals surface area contributed by atoms with Crippen molar-refractivity contribution in [2.75, 3.05) is 39.3 Å². The largest absolute Gasteiger partial charge is 0.450 e. The summed E-state index contributed by atoms with van der Waals surface area (Å²) in [6, 6.07) is 7.83. The Bertz CT molecular complexity index is 702. The zero-order valence-electron chi connectivity index (χ0n) is 13.3. The average molecular weight is 316 g/mol. The van der Waals surface area contributed by atoms with Gasteiger partial charge in [0.2, 0.25) is 5.78 Å². The molecular weight excluding hydrogens is 294 g/mol. The quantitative estimate of drug-likeness (QED) is 0.816. The van der Waals surface area contributed by atoms with Gasteiger partial charge in [-0.3, -0.25) is 9.69 Å². The van der Waals surface area contributed by atoms with Gasteiger partial charge in [-0.05, 0) is 13.0 Å². The van der Waals surface area contributed by atoms with Crippen LogP contribution >= 0.6 is 0 Å². The monoisotopic (exact) mass is 316 g/mol. The van der Waals surface area contributed by atoms with E-state index >= 15 is 0 Å². The van der Waals surface area contributed by atoms with E-state index in [-0.39, 0.29) is 11.9 Å². The number of rotatable bonds is 4. The van der Waals surface area contributed by atoms with Crippen molar-refractivity contribution in [3.8, 4) is 0 Å². The summed E-state index contributed by atoms with van der Waals surface area (Å²) < 4.78 is 5.01. The Balaban J connectivity index is 1.58. The highest BCUT2D eigenvalue weighted by Crippen LogP contribution is 2.17. The summed E-state index contributed by atoms with van der Waals surface area (Å²) in [4.78, 5) is 30.3. The number of para-hydroxylation sites is 1. The number of ether oxygens (including phenoxy) is 1. The van der Waals surface area contributed by atoms with Crippen LogP contribution in [-0.2, 0) is 4.74 Å². The molecule has 1 aliphatic rings. The molecule has 1 aromatic carbocycles. The predicted octanol–water partition coefficient (Wildman–Crippen LogP) is 0.708.